The minimum Gasteiger partial charge on any atom is -0.427 e. The standard InChI is InChI=1S/C12H14O4/c1-4-10-7-11(15-8(2)13)5-6-12(10)16-9(3)14/h5-7H,4H2,1-3H3. The number of rotatable bonds is 3. The van der Waals surface area contributed by atoms with Crippen LogP contribution in [0.3, 0.4) is 0 Å². The molecule has 1 rings (SSSR count). The number of aryl methyl sites for hydroxylation is 1. The number of carbonyl (C=O) groups excluding carboxylic acids is 2. The summed E-state index contributed by atoms with van der Waals surface area (Å²) in [5.41, 5.74) is 0.828. The molecule has 0 aliphatic rings. The summed E-state index contributed by atoms with van der Waals surface area (Å²) < 4.78 is 9.95. The van der Waals surface area contributed by atoms with E-state index in [4.69, 9.17) is 9.47 Å². The first-order chi connectivity index (χ1) is 7.52. The first-order valence-electron chi connectivity index (χ1n) is 5.02. The molecule has 4 heteroatoms. The van der Waals surface area contributed by atoms with Crippen LogP contribution in [-0.4, -0.2) is 11.9 Å². The Morgan fingerprint density at radius 1 is 1.12 bits per heavy atom. The van der Waals surface area contributed by atoms with Gasteiger partial charge in [0.1, 0.15) is 11.5 Å². The van der Waals surface area contributed by atoms with Gasteiger partial charge in [-0.1, -0.05) is 6.92 Å². The van der Waals surface area contributed by atoms with E-state index in [0.717, 1.165) is 5.56 Å². The summed E-state index contributed by atoms with van der Waals surface area (Å²) >= 11 is 0. The molecule has 0 amide bonds. The lowest BCUT2D eigenvalue weighted by Crippen LogP contribution is -2.05. The quantitative estimate of drug-likeness (QED) is 0.580. The average Bonchev–Trinajstić information content (AvgIpc) is 2.18. The molecule has 0 aromatic heterocycles. The molecule has 4 nitrogen and oxygen atoms in total. The molecular formula is C12H14O4. The summed E-state index contributed by atoms with van der Waals surface area (Å²) in [5, 5.41) is 0. The molecule has 0 unspecified atom stereocenters. The fourth-order valence-electron chi connectivity index (χ4n) is 1.32. The van der Waals surface area contributed by atoms with Gasteiger partial charge in [-0.25, -0.2) is 0 Å². The lowest BCUT2D eigenvalue weighted by molar-refractivity contribution is -0.133. The molecule has 86 valence electrons. The van der Waals surface area contributed by atoms with Crippen LogP contribution in [0.5, 0.6) is 11.5 Å². The molecule has 0 atom stereocenters. The van der Waals surface area contributed by atoms with Crippen molar-refractivity contribution in [2.45, 2.75) is 27.2 Å². The van der Waals surface area contributed by atoms with Gasteiger partial charge in [-0.3, -0.25) is 9.59 Å². The van der Waals surface area contributed by atoms with E-state index in [1.54, 1.807) is 18.2 Å². The predicted molar refractivity (Wildman–Crippen MR) is 58.4 cm³/mol. The minimum absolute atomic E-state index is 0.366. The summed E-state index contributed by atoms with van der Waals surface area (Å²) in [7, 11) is 0. The third-order valence-electron chi connectivity index (χ3n) is 1.93. The molecule has 0 saturated carbocycles. The van der Waals surface area contributed by atoms with Crippen LogP contribution >= 0.6 is 0 Å². The maximum atomic E-state index is 10.8. The number of esters is 2. The van der Waals surface area contributed by atoms with Gasteiger partial charge in [0.05, 0.1) is 0 Å². The molecule has 0 heterocycles. The normalized spacial score (nSPS) is 9.69. The lowest BCUT2D eigenvalue weighted by atomic mass is 10.1. The maximum absolute atomic E-state index is 10.8. The zero-order chi connectivity index (χ0) is 12.1. The first kappa shape index (κ1) is 12.2. The molecule has 0 aliphatic carbocycles. The fourth-order valence-corrected chi connectivity index (χ4v) is 1.32. The number of hydrogen-bond donors (Lipinski definition) is 0. The molecule has 0 radical (unpaired) electrons. The van der Waals surface area contributed by atoms with Crippen molar-refractivity contribution in [3.63, 3.8) is 0 Å². The highest BCUT2D eigenvalue weighted by Gasteiger charge is 2.07. The number of hydrogen-bond acceptors (Lipinski definition) is 4. The van der Waals surface area contributed by atoms with E-state index in [2.05, 4.69) is 0 Å². The highest BCUT2D eigenvalue weighted by atomic mass is 16.5. The van der Waals surface area contributed by atoms with Crippen LogP contribution < -0.4 is 9.47 Å². The zero-order valence-electron chi connectivity index (χ0n) is 9.57. The van der Waals surface area contributed by atoms with Gasteiger partial charge in [0.2, 0.25) is 0 Å². The maximum Gasteiger partial charge on any atom is 0.308 e. The lowest BCUT2D eigenvalue weighted by Gasteiger charge is -2.09. The van der Waals surface area contributed by atoms with E-state index in [9.17, 15) is 9.59 Å². The predicted octanol–water partition coefficient (Wildman–Crippen LogP) is 2.10. The Labute approximate surface area is 94.2 Å². The third-order valence-corrected chi connectivity index (χ3v) is 1.93. The topological polar surface area (TPSA) is 52.6 Å². The Morgan fingerprint density at radius 3 is 2.25 bits per heavy atom. The van der Waals surface area contributed by atoms with Crippen LogP contribution in [0, 0.1) is 0 Å². The molecule has 0 N–H and O–H groups in total. The van der Waals surface area contributed by atoms with Crippen molar-refractivity contribution in [1.29, 1.82) is 0 Å². The Hall–Kier alpha value is -1.84. The van der Waals surface area contributed by atoms with Gasteiger partial charge in [-0.2, -0.15) is 0 Å². The van der Waals surface area contributed by atoms with Crippen molar-refractivity contribution in [3.05, 3.63) is 23.8 Å². The Bertz CT molecular complexity index is 409. The summed E-state index contributed by atoms with van der Waals surface area (Å²) in [4.78, 5) is 21.6. The Morgan fingerprint density at radius 2 is 1.75 bits per heavy atom. The summed E-state index contributed by atoms with van der Waals surface area (Å²) in [6, 6.07) is 4.91. The second-order valence-electron chi connectivity index (χ2n) is 3.31. The second kappa shape index (κ2) is 5.30. The van der Waals surface area contributed by atoms with Crippen molar-refractivity contribution in [3.8, 4) is 11.5 Å². The van der Waals surface area contributed by atoms with Gasteiger partial charge in [0.25, 0.3) is 0 Å². The Kier molecular flexibility index (Phi) is 4.05. The van der Waals surface area contributed by atoms with Gasteiger partial charge >= 0.3 is 11.9 Å². The minimum atomic E-state index is -0.373. The van der Waals surface area contributed by atoms with Gasteiger partial charge in [0.15, 0.2) is 0 Å². The van der Waals surface area contributed by atoms with Gasteiger partial charge < -0.3 is 9.47 Å². The molecule has 16 heavy (non-hydrogen) atoms. The van der Waals surface area contributed by atoms with Crippen molar-refractivity contribution in [2.75, 3.05) is 0 Å². The van der Waals surface area contributed by atoms with Crippen molar-refractivity contribution < 1.29 is 19.1 Å². The highest BCUT2D eigenvalue weighted by molar-refractivity contribution is 5.71. The van der Waals surface area contributed by atoms with Crippen LogP contribution in [0.1, 0.15) is 26.3 Å². The summed E-state index contributed by atoms with van der Waals surface area (Å²) in [5.74, 6) is 0.225. The van der Waals surface area contributed by atoms with E-state index >= 15 is 0 Å². The van der Waals surface area contributed by atoms with Crippen LogP contribution in [0.4, 0.5) is 0 Å². The fraction of sp³-hybridized carbons (Fsp3) is 0.333. The van der Waals surface area contributed by atoms with Crippen LogP contribution in [0.25, 0.3) is 0 Å². The molecule has 0 bridgehead atoms. The summed E-state index contributed by atoms with van der Waals surface area (Å²) in [6.07, 6.45) is 0.692. The molecule has 0 fully saturated rings. The van der Waals surface area contributed by atoms with Crippen molar-refractivity contribution >= 4 is 11.9 Å². The smallest absolute Gasteiger partial charge is 0.308 e. The van der Waals surface area contributed by atoms with Gasteiger partial charge in [0, 0.05) is 13.8 Å². The first-order valence-corrected chi connectivity index (χ1v) is 5.02. The van der Waals surface area contributed by atoms with E-state index in [0.29, 0.717) is 17.9 Å². The zero-order valence-corrected chi connectivity index (χ0v) is 9.57. The van der Waals surface area contributed by atoms with E-state index < -0.39 is 0 Å². The van der Waals surface area contributed by atoms with Crippen LogP contribution in [-0.2, 0) is 16.0 Å². The molecule has 1 aromatic carbocycles. The van der Waals surface area contributed by atoms with Crippen LogP contribution in [0.2, 0.25) is 0 Å². The Balaban J connectivity index is 2.96. The largest absolute Gasteiger partial charge is 0.427 e. The van der Waals surface area contributed by atoms with E-state index in [-0.39, 0.29) is 11.9 Å². The molecule has 1 aromatic rings. The molecule has 0 saturated heterocycles. The molecule has 0 aliphatic heterocycles. The van der Waals surface area contributed by atoms with E-state index in [1.165, 1.54) is 13.8 Å². The third kappa shape index (κ3) is 3.38. The highest BCUT2D eigenvalue weighted by Crippen LogP contribution is 2.25. The SMILES string of the molecule is CCc1cc(OC(C)=O)ccc1OC(C)=O. The van der Waals surface area contributed by atoms with Gasteiger partial charge in [-0.15, -0.1) is 0 Å². The van der Waals surface area contributed by atoms with Crippen molar-refractivity contribution in [1.82, 2.24) is 0 Å². The van der Waals surface area contributed by atoms with Crippen LogP contribution in [0.15, 0.2) is 18.2 Å². The summed E-state index contributed by atoms with van der Waals surface area (Å²) in [6.45, 7) is 4.62. The average molecular weight is 222 g/mol. The van der Waals surface area contributed by atoms with Crippen molar-refractivity contribution in [2.24, 2.45) is 0 Å². The van der Waals surface area contributed by atoms with Gasteiger partial charge in [-0.05, 0) is 30.2 Å². The molecule has 0 spiro atoms. The second-order valence-corrected chi connectivity index (χ2v) is 3.31. The number of ether oxygens (including phenoxy) is 2. The van der Waals surface area contributed by atoms with E-state index in [1.807, 2.05) is 6.92 Å². The molecular weight excluding hydrogens is 208 g/mol. The number of carbonyl (C=O) groups is 2. The monoisotopic (exact) mass is 222 g/mol. The number of benzene rings is 1.